The van der Waals surface area contributed by atoms with Crippen molar-refractivity contribution in [1.82, 2.24) is 5.32 Å². The van der Waals surface area contributed by atoms with Crippen molar-refractivity contribution in [3.05, 3.63) is 33.9 Å². The summed E-state index contributed by atoms with van der Waals surface area (Å²) in [6.45, 7) is 1.65. The molecule has 0 heterocycles. The molecule has 1 aromatic rings. The lowest BCUT2D eigenvalue weighted by atomic mass is 9.91. The van der Waals surface area contributed by atoms with Crippen molar-refractivity contribution in [3.8, 4) is 0 Å². The van der Waals surface area contributed by atoms with Crippen LogP contribution in [0.1, 0.15) is 85.5 Å². The summed E-state index contributed by atoms with van der Waals surface area (Å²) >= 11 is 4.15. The molecule has 8 nitrogen and oxygen atoms in total. The van der Waals surface area contributed by atoms with Gasteiger partial charge < -0.3 is 20.6 Å². The van der Waals surface area contributed by atoms with Crippen molar-refractivity contribution >= 4 is 36.4 Å². The number of carboxylic acids is 3. The van der Waals surface area contributed by atoms with E-state index in [0.29, 0.717) is 6.54 Å². The third-order valence-corrected chi connectivity index (χ3v) is 4.68. The van der Waals surface area contributed by atoms with Gasteiger partial charge in [0.2, 0.25) is 0 Å². The highest BCUT2D eigenvalue weighted by Gasteiger charge is 2.29. The summed E-state index contributed by atoms with van der Waals surface area (Å²) in [5.41, 5.74) is -2.51. The lowest BCUT2D eigenvalue weighted by molar-refractivity contribution is 0.0632. The maximum atomic E-state index is 12.4. The average molecular weight is 411 g/mol. The van der Waals surface area contributed by atoms with Gasteiger partial charge in [0.1, 0.15) is 0 Å². The molecule has 0 aromatic heterocycles. The monoisotopic (exact) mass is 411 g/mol. The van der Waals surface area contributed by atoms with Gasteiger partial charge in [-0.25, -0.2) is 14.4 Å². The SMILES string of the molecule is Cc1c(C(=O)NCCCCCCCCS)cc(C(=O)O)c(C(=O)O)c1C(=O)O. The minimum atomic E-state index is -1.68. The van der Waals surface area contributed by atoms with Crippen molar-refractivity contribution in [3.63, 3.8) is 0 Å². The first kappa shape index (κ1) is 23.5. The van der Waals surface area contributed by atoms with Gasteiger partial charge in [-0.1, -0.05) is 25.7 Å². The number of benzene rings is 1. The molecule has 1 aromatic carbocycles. The Morgan fingerprint density at radius 3 is 1.86 bits per heavy atom. The molecular weight excluding hydrogens is 386 g/mol. The Kier molecular flexibility index (Phi) is 9.50. The quantitative estimate of drug-likeness (QED) is 0.263. The van der Waals surface area contributed by atoms with E-state index in [1.165, 1.54) is 6.92 Å². The summed E-state index contributed by atoms with van der Waals surface area (Å²) in [4.78, 5) is 46.7. The molecule has 9 heteroatoms. The van der Waals surface area contributed by atoms with E-state index in [0.717, 1.165) is 50.3 Å². The summed E-state index contributed by atoms with van der Waals surface area (Å²) in [7, 11) is 0. The fourth-order valence-corrected chi connectivity index (χ4v) is 3.14. The number of aromatic carboxylic acids is 3. The highest BCUT2D eigenvalue weighted by molar-refractivity contribution is 7.80. The number of carbonyl (C=O) groups excluding carboxylic acids is 1. The van der Waals surface area contributed by atoms with Crippen molar-refractivity contribution in [1.29, 1.82) is 0 Å². The molecule has 0 saturated carbocycles. The first-order valence-electron chi connectivity index (χ1n) is 8.98. The molecule has 28 heavy (non-hydrogen) atoms. The van der Waals surface area contributed by atoms with Crippen molar-refractivity contribution in [2.45, 2.75) is 45.4 Å². The maximum Gasteiger partial charge on any atom is 0.337 e. The summed E-state index contributed by atoms with van der Waals surface area (Å²) < 4.78 is 0. The Morgan fingerprint density at radius 2 is 1.36 bits per heavy atom. The van der Waals surface area contributed by atoms with E-state index in [2.05, 4.69) is 17.9 Å². The summed E-state index contributed by atoms with van der Waals surface area (Å²) in [5.74, 6) is -4.66. The van der Waals surface area contributed by atoms with Crippen molar-refractivity contribution in [2.24, 2.45) is 0 Å². The molecule has 0 unspecified atom stereocenters. The molecule has 0 aliphatic carbocycles. The molecule has 0 saturated heterocycles. The van der Waals surface area contributed by atoms with Crippen LogP contribution in [0.25, 0.3) is 0 Å². The van der Waals surface area contributed by atoms with Gasteiger partial charge >= 0.3 is 17.9 Å². The number of nitrogens with one attached hydrogen (secondary N) is 1. The fraction of sp³-hybridized carbons (Fsp3) is 0.474. The third kappa shape index (κ3) is 6.26. The van der Waals surface area contributed by atoms with Crippen LogP contribution in [-0.2, 0) is 0 Å². The number of hydrogen-bond acceptors (Lipinski definition) is 5. The van der Waals surface area contributed by atoms with Gasteiger partial charge in [0.25, 0.3) is 5.91 Å². The van der Waals surface area contributed by atoms with Crippen LogP contribution in [0.3, 0.4) is 0 Å². The van der Waals surface area contributed by atoms with Crippen LogP contribution in [0.4, 0.5) is 0 Å². The minimum absolute atomic E-state index is 0.0841. The second-order valence-corrected chi connectivity index (χ2v) is 6.81. The van der Waals surface area contributed by atoms with Crippen LogP contribution in [-0.4, -0.2) is 51.4 Å². The molecule has 0 radical (unpaired) electrons. The number of thiol groups is 1. The topological polar surface area (TPSA) is 141 Å². The van der Waals surface area contributed by atoms with Crippen LogP contribution in [0, 0.1) is 6.92 Å². The van der Waals surface area contributed by atoms with Gasteiger partial charge in [0, 0.05) is 12.1 Å². The number of unbranched alkanes of at least 4 members (excludes halogenated alkanes) is 5. The zero-order valence-electron chi connectivity index (χ0n) is 15.7. The predicted octanol–water partition coefficient (Wildman–Crippen LogP) is 3.09. The number of carboxylic acid groups (broad SMARTS) is 3. The Bertz CT molecular complexity index is 761. The first-order chi connectivity index (χ1) is 13.2. The fourth-order valence-electron chi connectivity index (χ4n) is 2.92. The van der Waals surface area contributed by atoms with Gasteiger partial charge in [-0.3, -0.25) is 4.79 Å². The smallest absolute Gasteiger partial charge is 0.337 e. The molecule has 0 spiro atoms. The van der Waals surface area contributed by atoms with E-state index >= 15 is 0 Å². The van der Waals surface area contributed by atoms with E-state index in [4.69, 9.17) is 0 Å². The number of rotatable bonds is 12. The molecule has 0 atom stereocenters. The Labute approximate surface area is 168 Å². The lowest BCUT2D eigenvalue weighted by Crippen LogP contribution is -2.27. The molecule has 1 amide bonds. The van der Waals surface area contributed by atoms with Crippen LogP contribution in [0.15, 0.2) is 6.07 Å². The van der Waals surface area contributed by atoms with E-state index in [1.807, 2.05) is 0 Å². The molecule has 0 aliphatic rings. The Balaban J connectivity index is 2.92. The van der Waals surface area contributed by atoms with Gasteiger partial charge in [-0.05, 0) is 37.1 Å². The molecule has 154 valence electrons. The van der Waals surface area contributed by atoms with Crippen LogP contribution >= 0.6 is 12.6 Å². The van der Waals surface area contributed by atoms with Crippen molar-refractivity contribution in [2.75, 3.05) is 12.3 Å². The summed E-state index contributed by atoms with van der Waals surface area (Å²) in [5, 5.41) is 30.5. The molecule has 0 fully saturated rings. The zero-order chi connectivity index (χ0) is 21.3. The standard InChI is InChI=1S/C19H25NO7S/c1-11-12(16(21)20-8-6-4-2-3-5-7-9-28)10-13(17(22)23)15(19(26)27)14(11)18(24)25/h10,28H,2-9H2,1H3,(H,20,21)(H,22,23)(H,24,25)(H,26,27). The number of carbonyl (C=O) groups is 4. The molecule has 4 N–H and O–H groups in total. The summed E-state index contributed by atoms with van der Waals surface area (Å²) in [6.07, 6.45) is 5.96. The molecule has 0 bridgehead atoms. The molecule has 1 rings (SSSR count). The second kappa shape index (κ2) is 11.3. The van der Waals surface area contributed by atoms with Gasteiger partial charge in [0.05, 0.1) is 16.7 Å². The normalized spacial score (nSPS) is 10.5. The van der Waals surface area contributed by atoms with E-state index in [1.54, 1.807) is 0 Å². The number of amides is 1. The molecule has 0 aliphatic heterocycles. The van der Waals surface area contributed by atoms with Crippen LogP contribution in [0.5, 0.6) is 0 Å². The summed E-state index contributed by atoms with van der Waals surface area (Å²) in [6, 6.07) is 0.917. The largest absolute Gasteiger partial charge is 0.478 e. The van der Waals surface area contributed by atoms with E-state index < -0.39 is 40.5 Å². The minimum Gasteiger partial charge on any atom is -0.478 e. The van der Waals surface area contributed by atoms with Gasteiger partial charge in [-0.15, -0.1) is 0 Å². The third-order valence-electron chi connectivity index (χ3n) is 4.36. The molecular formula is C19H25NO7S. The second-order valence-electron chi connectivity index (χ2n) is 6.36. The Hall–Kier alpha value is -2.55. The predicted molar refractivity (Wildman–Crippen MR) is 106 cm³/mol. The highest BCUT2D eigenvalue weighted by atomic mass is 32.1. The van der Waals surface area contributed by atoms with Crippen LogP contribution < -0.4 is 5.32 Å². The van der Waals surface area contributed by atoms with Gasteiger partial charge in [-0.2, -0.15) is 12.6 Å². The van der Waals surface area contributed by atoms with E-state index in [9.17, 15) is 34.5 Å². The van der Waals surface area contributed by atoms with Crippen molar-refractivity contribution < 1.29 is 34.5 Å². The van der Waals surface area contributed by atoms with Crippen LogP contribution in [0.2, 0.25) is 0 Å². The zero-order valence-corrected chi connectivity index (χ0v) is 16.6. The highest BCUT2D eigenvalue weighted by Crippen LogP contribution is 2.24. The first-order valence-corrected chi connectivity index (χ1v) is 9.62. The lowest BCUT2D eigenvalue weighted by Gasteiger charge is -2.14. The maximum absolute atomic E-state index is 12.4. The van der Waals surface area contributed by atoms with E-state index in [-0.39, 0.29) is 11.1 Å². The number of hydrogen-bond donors (Lipinski definition) is 5. The van der Waals surface area contributed by atoms with Gasteiger partial charge in [0.15, 0.2) is 0 Å². The Morgan fingerprint density at radius 1 is 0.821 bits per heavy atom. The average Bonchev–Trinajstić information content (AvgIpc) is 2.62.